The number of hydrogen-bond donors (Lipinski definition) is 0. The van der Waals surface area contributed by atoms with Gasteiger partial charge in [0.05, 0.1) is 12.7 Å². The molecule has 104 valence electrons. The highest BCUT2D eigenvalue weighted by atomic mass is 16.6. The molecule has 0 aromatic carbocycles. The second-order valence-electron chi connectivity index (χ2n) is 6.64. The van der Waals surface area contributed by atoms with E-state index >= 15 is 0 Å². The van der Waals surface area contributed by atoms with Crippen LogP contribution < -0.4 is 0 Å². The van der Waals surface area contributed by atoms with E-state index in [1.807, 2.05) is 25.7 Å². The molecule has 0 aromatic heterocycles. The summed E-state index contributed by atoms with van der Waals surface area (Å²) in [6, 6.07) is 0. The second-order valence-corrected chi connectivity index (χ2v) is 6.64. The summed E-state index contributed by atoms with van der Waals surface area (Å²) in [7, 11) is 0. The van der Waals surface area contributed by atoms with Gasteiger partial charge >= 0.3 is 6.09 Å². The SMILES string of the molecule is CC1CN(C(=O)OC(C)(C)C)CCC1CC1CO1. The minimum atomic E-state index is -0.404. The third kappa shape index (κ3) is 3.87. The van der Waals surface area contributed by atoms with Crippen molar-refractivity contribution >= 4 is 6.09 Å². The van der Waals surface area contributed by atoms with Crippen LogP contribution in [0.1, 0.15) is 40.5 Å². The number of amides is 1. The molecule has 2 fully saturated rings. The predicted molar refractivity (Wildman–Crippen MR) is 69.4 cm³/mol. The molecule has 2 aliphatic heterocycles. The average molecular weight is 255 g/mol. The molecule has 0 radical (unpaired) electrons. The molecule has 18 heavy (non-hydrogen) atoms. The first-order valence-electron chi connectivity index (χ1n) is 6.94. The molecule has 2 rings (SSSR count). The van der Waals surface area contributed by atoms with Crippen molar-refractivity contribution < 1.29 is 14.3 Å². The van der Waals surface area contributed by atoms with Crippen LogP contribution in [0.5, 0.6) is 0 Å². The van der Waals surface area contributed by atoms with Gasteiger partial charge in [0.1, 0.15) is 5.60 Å². The van der Waals surface area contributed by atoms with E-state index in [0.29, 0.717) is 17.9 Å². The van der Waals surface area contributed by atoms with Gasteiger partial charge in [-0.15, -0.1) is 0 Å². The first-order valence-corrected chi connectivity index (χ1v) is 6.94. The Balaban J connectivity index is 1.81. The topological polar surface area (TPSA) is 42.1 Å². The lowest BCUT2D eigenvalue weighted by molar-refractivity contribution is 0.0107. The maximum absolute atomic E-state index is 12.0. The molecule has 0 aliphatic carbocycles. The highest BCUT2D eigenvalue weighted by molar-refractivity contribution is 5.68. The number of hydrogen-bond acceptors (Lipinski definition) is 3. The van der Waals surface area contributed by atoms with E-state index in [0.717, 1.165) is 32.5 Å². The lowest BCUT2D eigenvalue weighted by Gasteiger charge is -2.37. The van der Waals surface area contributed by atoms with Gasteiger partial charge in [-0.25, -0.2) is 4.79 Å². The monoisotopic (exact) mass is 255 g/mol. The maximum Gasteiger partial charge on any atom is 0.410 e. The van der Waals surface area contributed by atoms with Gasteiger partial charge in [-0.3, -0.25) is 0 Å². The number of nitrogens with zero attached hydrogens (tertiary/aromatic N) is 1. The van der Waals surface area contributed by atoms with Gasteiger partial charge in [-0.1, -0.05) is 6.92 Å². The largest absolute Gasteiger partial charge is 0.444 e. The highest BCUT2D eigenvalue weighted by Gasteiger charge is 2.35. The van der Waals surface area contributed by atoms with Crippen molar-refractivity contribution in [2.24, 2.45) is 11.8 Å². The van der Waals surface area contributed by atoms with E-state index in [4.69, 9.17) is 9.47 Å². The van der Waals surface area contributed by atoms with Crippen LogP contribution >= 0.6 is 0 Å². The average Bonchev–Trinajstić information content (AvgIpc) is 3.02. The fourth-order valence-electron chi connectivity index (χ4n) is 2.58. The zero-order valence-electron chi connectivity index (χ0n) is 11.9. The minimum absolute atomic E-state index is 0.171. The van der Waals surface area contributed by atoms with Crippen LogP contribution in [0.4, 0.5) is 4.79 Å². The van der Waals surface area contributed by atoms with Crippen molar-refractivity contribution in [2.45, 2.75) is 52.2 Å². The van der Waals surface area contributed by atoms with Gasteiger partial charge in [-0.2, -0.15) is 0 Å². The number of carbonyl (C=O) groups excluding carboxylic acids is 1. The Labute approximate surface area is 110 Å². The zero-order chi connectivity index (χ0) is 13.3. The van der Waals surface area contributed by atoms with Crippen LogP contribution in [0.15, 0.2) is 0 Å². The van der Waals surface area contributed by atoms with Gasteiger partial charge < -0.3 is 14.4 Å². The summed E-state index contributed by atoms with van der Waals surface area (Å²) < 4.78 is 10.7. The lowest BCUT2D eigenvalue weighted by Crippen LogP contribution is -2.45. The molecular formula is C14H25NO3. The van der Waals surface area contributed by atoms with E-state index in [1.54, 1.807) is 0 Å². The number of piperidine rings is 1. The van der Waals surface area contributed by atoms with E-state index in [9.17, 15) is 4.79 Å². The van der Waals surface area contributed by atoms with Crippen LogP contribution in [0.2, 0.25) is 0 Å². The number of likely N-dealkylation sites (tertiary alicyclic amines) is 1. The van der Waals surface area contributed by atoms with E-state index in [-0.39, 0.29) is 6.09 Å². The fraction of sp³-hybridized carbons (Fsp3) is 0.929. The summed E-state index contributed by atoms with van der Waals surface area (Å²) in [5, 5.41) is 0. The molecule has 0 saturated carbocycles. The fourth-order valence-corrected chi connectivity index (χ4v) is 2.58. The van der Waals surface area contributed by atoms with Gasteiger partial charge in [0.25, 0.3) is 0 Å². The molecule has 1 amide bonds. The Bertz CT molecular complexity index is 307. The van der Waals surface area contributed by atoms with Crippen molar-refractivity contribution in [1.29, 1.82) is 0 Å². The second kappa shape index (κ2) is 5.08. The summed E-state index contributed by atoms with van der Waals surface area (Å²) in [4.78, 5) is 13.8. The number of carbonyl (C=O) groups is 1. The molecule has 0 aromatic rings. The van der Waals surface area contributed by atoms with Crippen molar-refractivity contribution in [2.75, 3.05) is 19.7 Å². The van der Waals surface area contributed by atoms with E-state index < -0.39 is 5.60 Å². The van der Waals surface area contributed by atoms with E-state index in [1.165, 1.54) is 0 Å². The van der Waals surface area contributed by atoms with Gasteiger partial charge in [0, 0.05) is 13.1 Å². The Morgan fingerprint density at radius 2 is 2.11 bits per heavy atom. The first kappa shape index (κ1) is 13.7. The molecule has 0 spiro atoms. The third-order valence-corrected chi connectivity index (χ3v) is 3.70. The summed E-state index contributed by atoms with van der Waals surface area (Å²) in [6.07, 6.45) is 2.55. The Kier molecular flexibility index (Phi) is 3.85. The molecule has 3 unspecified atom stereocenters. The van der Waals surface area contributed by atoms with Crippen LogP contribution in [-0.2, 0) is 9.47 Å². The minimum Gasteiger partial charge on any atom is -0.444 e. The molecule has 2 heterocycles. The predicted octanol–water partition coefficient (Wildman–Crippen LogP) is 2.67. The standard InChI is InChI=1S/C14H25NO3/c1-10-8-15(13(16)18-14(2,3)4)6-5-11(10)7-12-9-17-12/h10-12H,5-9H2,1-4H3. The molecule has 4 heteroatoms. The molecule has 2 aliphatic rings. The molecule has 0 N–H and O–H groups in total. The van der Waals surface area contributed by atoms with Gasteiger partial charge in [0.2, 0.25) is 0 Å². The number of rotatable bonds is 2. The molecule has 3 atom stereocenters. The number of ether oxygens (including phenoxy) is 2. The van der Waals surface area contributed by atoms with Crippen molar-refractivity contribution in [1.82, 2.24) is 4.90 Å². The van der Waals surface area contributed by atoms with Crippen LogP contribution in [0.25, 0.3) is 0 Å². The quantitative estimate of drug-likeness (QED) is 0.712. The van der Waals surface area contributed by atoms with Crippen molar-refractivity contribution in [3.8, 4) is 0 Å². The van der Waals surface area contributed by atoms with Crippen LogP contribution in [0, 0.1) is 11.8 Å². The summed E-state index contributed by atoms with van der Waals surface area (Å²) in [5.74, 6) is 1.23. The third-order valence-electron chi connectivity index (χ3n) is 3.70. The van der Waals surface area contributed by atoms with Crippen LogP contribution in [0.3, 0.4) is 0 Å². The van der Waals surface area contributed by atoms with Gasteiger partial charge in [-0.05, 0) is 45.4 Å². The van der Waals surface area contributed by atoms with Crippen molar-refractivity contribution in [3.63, 3.8) is 0 Å². The van der Waals surface area contributed by atoms with E-state index in [2.05, 4.69) is 6.92 Å². The molecular weight excluding hydrogens is 230 g/mol. The maximum atomic E-state index is 12.0. The highest BCUT2D eigenvalue weighted by Crippen LogP contribution is 2.31. The van der Waals surface area contributed by atoms with Crippen LogP contribution in [-0.4, -0.2) is 42.4 Å². The normalized spacial score (nSPS) is 32.2. The molecule has 4 nitrogen and oxygen atoms in total. The lowest BCUT2D eigenvalue weighted by atomic mass is 9.84. The van der Waals surface area contributed by atoms with Crippen molar-refractivity contribution in [3.05, 3.63) is 0 Å². The Morgan fingerprint density at radius 1 is 1.44 bits per heavy atom. The van der Waals surface area contributed by atoms with Gasteiger partial charge in [0.15, 0.2) is 0 Å². The summed E-state index contributed by atoms with van der Waals surface area (Å²) in [5.41, 5.74) is -0.404. The zero-order valence-corrected chi connectivity index (χ0v) is 11.9. The summed E-state index contributed by atoms with van der Waals surface area (Å²) in [6.45, 7) is 10.5. The molecule has 0 bridgehead atoms. The summed E-state index contributed by atoms with van der Waals surface area (Å²) >= 11 is 0. The Hall–Kier alpha value is -0.770. The first-order chi connectivity index (χ1) is 8.35. The molecule has 2 saturated heterocycles. The smallest absolute Gasteiger partial charge is 0.410 e. The number of epoxide rings is 1. The Morgan fingerprint density at radius 3 is 2.61 bits per heavy atom.